The number of aromatic nitrogens is 8. The summed E-state index contributed by atoms with van der Waals surface area (Å²) in [7, 11) is 0.0952. The van der Waals surface area contributed by atoms with Gasteiger partial charge in [0.15, 0.2) is 6.61 Å². The van der Waals surface area contributed by atoms with Crippen molar-refractivity contribution >= 4 is 49.3 Å². The van der Waals surface area contributed by atoms with Gasteiger partial charge >= 0.3 is 5.97 Å². The van der Waals surface area contributed by atoms with Crippen molar-refractivity contribution in [2.75, 3.05) is 58.5 Å². The van der Waals surface area contributed by atoms with E-state index in [-0.39, 0.29) is 78.9 Å². The fraction of sp³-hybridized carbons (Fsp3) is 0.563. The Balaban J connectivity index is 0.612. The molecule has 97 heavy (non-hydrogen) atoms. The lowest BCUT2D eigenvalue weighted by molar-refractivity contribution is -0.143. The van der Waals surface area contributed by atoms with Crippen molar-refractivity contribution in [2.45, 2.75) is 182 Å². The molecule has 0 unspecified atom stereocenters. The molecule has 25 nitrogen and oxygen atoms in total. The molecular formula is C71H99N13O12Si. The molecule has 26 heteroatoms. The number of rotatable bonds is 38. The Bertz CT molecular complexity index is 3550. The van der Waals surface area contributed by atoms with E-state index in [0.29, 0.717) is 106 Å². The number of nitrogens with one attached hydrogen (secondary N) is 4. The first-order chi connectivity index (χ1) is 46.6. The lowest BCUT2D eigenvalue weighted by atomic mass is 9.88. The van der Waals surface area contributed by atoms with Crippen LogP contribution in [-0.4, -0.2) is 159 Å². The molecule has 2 atom stereocenters. The number of unbranched alkanes of at least 4 members (excludes halogenated alkanes) is 3. The van der Waals surface area contributed by atoms with Crippen LogP contribution in [0.5, 0.6) is 17.4 Å². The molecule has 4 aromatic heterocycles. The van der Waals surface area contributed by atoms with Gasteiger partial charge in [-0.25, -0.2) is 14.5 Å². The van der Waals surface area contributed by atoms with Gasteiger partial charge in [-0.2, -0.15) is 10.2 Å². The summed E-state index contributed by atoms with van der Waals surface area (Å²) in [6.45, 7) is 21.2. The summed E-state index contributed by atoms with van der Waals surface area (Å²) in [5, 5.41) is 29.7. The van der Waals surface area contributed by atoms with Crippen LogP contribution in [0.1, 0.15) is 136 Å². The molecule has 0 radical (unpaired) electrons. The van der Waals surface area contributed by atoms with Gasteiger partial charge in [0.2, 0.25) is 17.7 Å². The lowest BCUT2D eigenvalue weighted by Gasteiger charge is -2.32. The molecule has 2 aromatic carbocycles. The van der Waals surface area contributed by atoms with Crippen molar-refractivity contribution in [1.29, 1.82) is 0 Å². The number of methoxy groups -OCH3 is 1. The van der Waals surface area contributed by atoms with Crippen LogP contribution in [0.25, 0.3) is 11.1 Å². The van der Waals surface area contributed by atoms with Crippen molar-refractivity contribution in [3.05, 3.63) is 114 Å². The van der Waals surface area contributed by atoms with Crippen LogP contribution >= 0.6 is 0 Å². The van der Waals surface area contributed by atoms with Crippen LogP contribution in [0, 0.1) is 37.0 Å². The van der Waals surface area contributed by atoms with Gasteiger partial charge in [0.1, 0.15) is 48.3 Å². The van der Waals surface area contributed by atoms with E-state index >= 15 is 0 Å². The largest absolute Gasteiger partial charge is 0.484 e. The van der Waals surface area contributed by atoms with E-state index in [4.69, 9.17) is 33.5 Å². The van der Waals surface area contributed by atoms with E-state index in [1.165, 1.54) is 13.3 Å². The number of hydrogen-bond acceptors (Lipinski definition) is 17. The van der Waals surface area contributed by atoms with Gasteiger partial charge in [0.05, 0.1) is 43.9 Å². The topological polar surface area (TPSA) is 288 Å². The van der Waals surface area contributed by atoms with Gasteiger partial charge in [-0.15, -0.1) is 5.10 Å². The zero-order valence-electron chi connectivity index (χ0n) is 57.9. The minimum atomic E-state index is -1.20. The number of carbonyl (C=O) groups is 6. The van der Waals surface area contributed by atoms with E-state index in [1.807, 2.05) is 42.1 Å². The molecular weight excluding hydrogens is 1250 g/mol. The Labute approximate surface area is 570 Å². The van der Waals surface area contributed by atoms with Crippen LogP contribution in [0.15, 0.2) is 85.3 Å². The summed E-state index contributed by atoms with van der Waals surface area (Å²) in [5.41, 5.74) is 6.00. The molecule has 3 fully saturated rings. The first-order valence-electron chi connectivity index (χ1n) is 34.3. The quantitative estimate of drug-likeness (QED) is 0.0159. The minimum absolute atomic E-state index is 0.0265. The number of piperidine rings is 1. The zero-order valence-corrected chi connectivity index (χ0v) is 58.9. The Kier molecular flexibility index (Phi) is 26.1. The third-order valence-corrected chi connectivity index (χ3v) is 19.5. The molecule has 0 bridgehead atoms. The molecule has 1 saturated heterocycles. The number of anilines is 1. The third kappa shape index (κ3) is 22.9. The molecule has 9 rings (SSSR count). The first-order valence-corrected chi connectivity index (χ1v) is 38.0. The lowest BCUT2D eigenvalue weighted by Crippen LogP contribution is -2.50. The SMILES string of the molecule is COC(=O)[C@H](CCC(C)(C)C)NC(=O)c1ccc(Oc2cccc(OCC(=O)NCCOC3CCN(C(=O)COCc4cn(CCCCCCn5nccc5C(=O)N[C@H](C(=O)Nc5ccc(-c6c(C)nn(COCC[Si](C)(C)C)c6C)cc5)C(C5CC5)C5CC5)nn4)CC3)c2)nc1. The Morgan fingerprint density at radius 2 is 1.52 bits per heavy atom. The summed E-state index contributed by atoms with van der Waals surface area (Å²) < 4.78 is 39.7. The molecule has 2 saturated carbocycles. The van der Waals surface area contributed by atoms with E-state index in [2.05, 4.69) is 89.0 Å². The summed E-state index contributed by atoms with van der Waals surface area (Å²) >= 11 is 0. The van der Waals surface area contributed by atoms with Crippen LogP contribution in [0.3, 0.4) is 0 Å². The maximum Gasteiger partial charge on any atom is 0.328 e. The molecule has 5 amide bonds. The highest BCUT2D eigenvalue weighted by atomic mass is 28.3. The highest BCUT2D eigenvalue weighted by Gasteiger charge is 2.48. The molecule has 2 aliphatic carbocycles. The maximum atomic E-state index is 14.3. The number of likely N-dealkylation sites (tertiary alicyclic amines) is 1. The Morgan fingerprint density at radius 3 is 2.21 bits per heavy atom. The summed E-state index contributed by atoms with van der Waals surface area (Å²) in [6, 6.07) is 19.1. The van der Waals surface area contributed by atoms with E-state index < -0.39 is 32.0 Å². The van der Waals surface area contributed by atoms with E-state index in [0.717, 1.165) is 86.5 Å². The summed E-state index contributed by atoms with van der Waals surface area (Å²) in [6.07, 6.45) is 15.1. The number of ether oxygens (including phenoxy) is 6. The molecule has 0 spiro atoms. The van der Waals surface area contributed by atoms with Crippen molar-refractivity contribution in [3.8, 4) is 28.5 Å². The molecule has 4 N–H and O–H groups in total. The average molecular weight is 1350 g/mol. The Morgan fingerprint density at radius 1 is 0.784 bits per heavy atom. The van der Waals surface area contributed by atoms with Crippen molar-refractivity contribution < 1.29 is 57.2 Å². The second kappa shape index (κ2) is 34.7. The number of nitrogens with zero attached hydrogens (tertiary/aromatic N) is 9. The molecule has 524 valence electrons. The van der Waals surface area contributed by atoms with Crippen molar-refractivity contribution in [2.24, 2.45) is 23.2 Å². The number of amides is 5. The fourth-order valence-electron chi connectivity index (χ4n) is 12.0. The van der Waals surface area contributed by atoms with Gasteiger partial charge in [-0.1, -0.05) is 76.7 Å². The minimum Gasteiger partial charge on any atom is -0.484 e. The molecule has 6 aromatic rings. The normalized spacial score (nSPS) is 15.0. The number of esters is 1. The number of pyridine rings is 1. The summed E-state index contributed by atoms with van der Waals surface area (Å²) in [5.74, 6) is 0.0635. The smallest absolute Gasteiger partial charge is 0.328 e. The third-order valence-electron chi connectivity index (χ3n) is 17.8. The second-order valence-corrected chi connectivity index (χ2v) is 33.8. The predicted molar refractivity (Wildman–Crippen MR) is 367 cm³/mol. The maximum absolute atomic E-state index is 14.3. The highest BCUT2D eigenvalue weighted by molar-refractivity contribution is 6.76. The van der Waals surface area contributed by atoms with Gasteiger partial charge in [-0.05, 0) is 149 Å². The van der Waals surface area contributed by atoms with Crippen molar-refractivity contribution in [1.82, 2.24) is 60.4 Å². The van der Waals surface area contributed by atoms with Crippen molar-refractivity contribution in [3.63, 3.8) is 0 Å². The van der Waals surface area contributed by atoms with Crippen LogP contribution in [0.2, 0.25) is 25.7 Å². The standard InChI is InChI=1S/C71H99N13O12Si/c1-48-64(49(2)84(79-48)47-92-39-40-97(7,8)9)50-21-24-54(25-22-50)75-69(89)66(65(51-17-18-51)52-19-20-52)77-68(88)60-28-32-74-83(60)35-13-11-10-12-34-82-43-55(78-80-82)44-93-46-63(86)81-36-29-56(30-37-81)94-38-33-72-61(85)45-95-57-15-14-16-58(41-57)96-62-26-23-53(42-73-62)67(87)76-59(70(90)91-6)27-31-71(3,4)5/h14-16,21-26,28,32,41-43,51-52,56,59,65-66H,10-13,17-20,27,29-31,33-40,44-47H2,1-9H3,(H,72,85)(H,75,89)(H,76,87)(H,77,88)/t59-,66-/m0/s1. The highest BCUT2D eigenvalue weighted by Crippen LogP contribution is 2.51. The van der Waals surface area contributed by atoms with Gasteiger partial charge in [0.25, 0.3) is 17.7 Å². The van der Waals surface area contributed by atoms with Gasteiger partial charge in [0, 0.05) is 88.9 Å². The van der Waals surface area contributed by atoms with E-state index in [9.17, 15) is 28.8 Å². The molecule has 5 heterocycles. The number of carbonyl (C=O) groups excluding carboxylic acids is 6. The fourth-order valence-corrected chi connectivity index (χ4v) is 12.8. The molecule has 1 aliphatic heterocycles. The number of benzene rings is 2. The van der Waals surface area contributed by atoms with Crippen LogP contribution in [-0.2, 0) is 64.6 Å². The monoisotopic (exact) mass is 1350 g/mol. The van der Waals surface area contributed by atoms with Crippen LogP contribution in [0.4, 0.5) is 5.69 Å². The zero-order chi connectivity index (χ0) is 69.1. The molecule has 3 aliphatic rings. The second-order valence-electron chi connectivity index (χ2n) is 28.2. The van der Waals surface area contributed by atoms with Gasteiger partial charge in [-0.3, -0.25) is 33.3 Å². The van der Waals surface area contributed by atoms with Gasteiger partial charge < -0.3 is 54.6 Å². The summed E-state index contributed by atoms with van der Waals surface area (Å²) in [4.78, 5) is 85.4. The number of aryl methyl sites for hydroxylation is 3. The van der Waals surface area contributed by atoms with E-state index in [1.54, 1.807) is 62.9 Å². The Hall–Kier alpha value is -8.33. The first kappa shape index (κ1) is 72.9. The van der Waals surface area contributed by atoms with Crippen LogP contribution < -0.4 is 30.7 Å². The average Bonchev–Trinajstić information content (AvgIpc) is 1.64. The number of hydrogen-bond donors (Lipinski definition) is 4. The predicted octanol–water partition coefficient (Wildman–Crippen LogP) is 9.71.